The molecule has 0 radical (unpaired) electrons. The number of hydrogen-bond donors (Lipinski definition) is 1. The topological polar surface area (TPSA) is 107 Å². The van der Waals surface area contributed by atoms with E-state index in [0.29, 0.717) is 21.2 Å². The van der Waals surface area contributed by atoms with Crippen molar-refractivity contribution in [2.75, 3.05) is 12.4 Å². The smallest absolute Gasteiger partial charge is 0.276 e. The molecule has 1 amide bonds. The molecule has 1 aromatic carbocycles. The molecule has 0 aliphatic rings. The number of benzene rings is 1. The molecule has 3 aromatic heterocycles. The molecule has 182 valence electrons. The number of fused-ring (bicyclic) bond motifs is 1. The van der Waals surface area contributed by atoms with Crippen LogP contribution in [0.1, 0.15) is 29.1 Å². The van der Waals surface area contributed by atoms with Crippen molar-refractivity contribution < 1.29 is 22.1 Å². The Morgan fingerprint density at radius 1 is 1.06 bits per heavy atom. The quantitative estimate of drug-likeness (QED) is 0.213. The molecule has 4 aromatic rings. The molecule has 35 heavy (non-hydrogen) atoms. The number of carbonyl (C=O) groups excluding carboxylic acids is 1. The summed E-state index contributed by atoms with van der Waals surface area (Å²) in [7, 11) is -2.68. The van der Waals surface area contributed by atoms with E-state index in [4.69, 9.17) is 32.1 Å². The molecule has 0 fully saturated rings. The van der Waals surface area contributed by atoms with E-state index < -0.39 is 14.9 Å². The van der Waals surface area contributed by atoms with Crippen LogP contribution in [0, 0.1) is 0 Å². The third-order valence-electron chi connectivity index (χ3n) is 5.22. The van der Waals surface area contributed by atoms with Crippen molar-refractivity contribution in [2.24, 2.45) is 0 Å². The number of nitrogens with zero attached hydrogens (tertiary/aromatic N) is 2. The molecule has 0 atom stereocenters. The van der Waals surface area contributed by atoms with Crippen molar-refractivity contribution in [3.05, 3.63) is 75.3 Å². The van der Waals surface area contributed by atoms with Crippen LogP contribution in [0.15, 0.2) is 54.7 Å². The molecule has 3 heterocycles. The Morgan fingerprint density at radius 3 is 2.51 bits per heavy atom. The zero-order chi connectivity index (χ0) is 25.4. The van der Waals surface area contributed by atoms with Gasteiger partial charge in [0.15, 0.2) is 0 Å². The fourth-order valence-electron chi connectivity index (χ4n) is 3.20. The minimum absolute atomic E-state index is 0.120. The van der Waals surface area contributed by atoms with E-state index in [2.05, 4.69) is 15.3 Å². The Morgan fingerprint density at radius 2 is 1.83 bits per heavy atom. The van der Waals surface area contributed by atoms with Crippen molar-refractivity contribution in [2.45, 2.75) is 18.6 Å². The third kappa shape index (κ3) is 5.41. The van der Waals surface area contributed by atoms with Gasteiger partial charge in [-0.1, -0.05) is 29.3 Å². The number of ether oxygens (including phenoxy) is 1. The lowest BCUT2D eigenvalue weighted by atomic mass is 10.0. The number of pyridine rings is 2. The second-order valence-corrected chi connectivity index (χ2v) is 12.1. The normalized spacial score (nSPS) is 12.0. The van der Waals surface area contributed by atoms with Crippen LogP contribution < -0.4 is 10.1 Å². The van der Waals surface area contributed by atoms with Gasteiger partial charge in [-0.05, 0) is 55.1 Å². The van der Waals surface area contributed by atoms with Gasteiger partial charge < -0.3 is 10.1 Å². The molecule has 0 bridgehead atoms. The number of rotatable bonds is 7. The van der Waals surface area contributed by atoms with Crippen LogP contribution in [-0.2, 0) is 19.0 Å². The van der Waals surface area contributed by atoms with E-state index in [1.165, 1.54) is 29.7 Å². The first-order valence-electron chi connectivity index (χ1n) is 10.1. The highest BCUT2D eigenvalue weighted by Crippen LogP contribution is 2.35. The highest BCUT2D eigenvalue weighted by Gasteiger charge is 2.36. The minimum atomic E-state index is -3.82. The predicted molar refractivity (Wildman–Crippen MR) is 137 cm³/mol. The number of halogens is 2. The molecule has 12 heteroatoms. The summed E-state index contributed by atoms with van der Waals surface area (Å²) in [5.74, 6) is 0.0414. The molecule has 0 aliphatic heterocycles. The van der Waals surface area contributed by atoms with Gasteiger partial charge in [0.25, 0.3) is 16.0 Å². The average molecular weight is 552 g/mol. The SMILES string of the molecule is COS(=O)(=O)C(C)(C)c1ccc2sc(C(=O)Nc3cc(Cl)nc(Oc4ccc(Cl)cn4)c3)cc2c1. The third-order valence-corrected chi connectivity index (χ3v) is 8.67. The Labute approximate surface area is 216 Å². The van der Waals surface area contributed by atoms with Gasteiger partial charge in [0, 0.05) is 28.7 Å². The number of hydrogen-bond acceptors (Lipinski definition) is 8. The summed E-state index contributed by atoms with van der Waals surface area (Å²) in [5.41, 5.74) is 0.930. The lowest BCUT2D eigenvalue weighted by Gasteiger charge is -2.23. The first-order valence-corrected chi connectivity index (χ1v) is 13.1. The van der Waals surface area contributed by atoms with Gasteiger partial charge in [-0.25, -0.2) is 9.97 Å². The van der Waals surface area contributed by atoms with Gasteiger partial charge in [-0.2, -0.15) is 8.42 Å². The number of nitrogens with one attached hydrogen (secondary N) is 1. The van der Waals surface area contributed by atoms with Gasteiger partial charge in [-0.3, -0.25) is 8.98 Å². The van der Waals surface area contributed by atoms with E-state index in [9.17, 15) is 13.2 Å². The molecule has 0 saturated carbocycles. The predicted octanol–water partition coefficient (Wildman–Crippen LogP) is 6.25. The van der Waals surface area contributed by atoms with Gasteiger partial charge in [0.1, 0.15) is 9.90 Å². The monoisotopic (exact) mass is 551 g/mol. The van der Waals surface area contributed by atoms with Crippen LogP contribution in [0.25, 0.3) is 10.1 Å². The fourth-order valence-corrected chi connectivity index (χ4v) is 5.29. The summed E-state index contributed by atoms with van der Waals surface area (Å²) in [6.45, 7) is 3.14. The van der Waals surface area contributed by atoms with Crippen LogP contribution in [0.5, 0.6) is 11.8 Å². The van der Waals surface area contributed by atoms with E-state index in [0.717, 1.165) is 17.2 Å². The number of thiophene rings is 1. The second-order valence-electron chi connectivity index (χ2n) is 7.88. The molecular weight excluding hydrogens is 533 g/mol. The van der Waals surface area contributed by atoms with Crippen LogP contribution >= 0.6 is 34.5 Å². The Balaban J connectivity index is 1.57. The average Bonchev–Trinajstić information content (AvgIpc) is 3.24. The molecule has 0 spiro atoms. The van der Waals surface area contributed by atoms with Gasteiger partial charge >= 0.3 is 0 Å². The minimum Gasteiger partial charge on any atom is -0.421 e. The number of aromatic nitrogens is 2. The lowest BCUT2D eigenvalue weighted by molar-refractivity contribution is 0.103. The molecule has 1 N–H and O–H groups in total. The molecule has 4 rings (SSSR count). The molecule has 0 saturated heterocycles. The number of carbonyl (C=O) groups is 1. The van der Waals surface area contributed by atoms with Crippen molar-refractivity contribution in [1.82, 2.24) is 9.97 Å². The maximum Gasteiger partial charge on any atom is 0.276 e. The van der Waals surface area contributed by atoms with Crippen molar-refractivity contribution in [3.8, 4) is 11.8 Å². The Kier molecular flexibility index (Phi) is 7.03. The van der Waals surface area contributed by atoms with E-state index in [-0.39, 0.29) is 22.8 Å². The molecule has 0 aliphatic carbocycles. The highest BCUT2D eigenvalue weighted by atomic mass is 35.5. The summed E-state index contributed by atoms with van der Waals surface area (Å²) in [5, 5.41) is 4.10. The zero-order valence-electron chi connectivity index (χ0n) is 18.7. The van der Waals surface area contributed by atoms with Gasteiger partial charge in [0.2, 0.25) is 11.8 Å². The Hall–Kier alpha value is -2.76. The summed E-state index contributed by atoms with van der Waals surface area (Å²) in [6, 6.07) is 13.2. The summed E-state index contributed by atoms with van der Waals surface area (Å²) in [4.78, 5) is 21.5. The van der Waals surface area contributed by atoms with Crippen LogP contribution in [0.3, 0.4) is 0 Å². The van der Waals surface area contributed by atoms with E-state index in [1.807, 2.05) is 0 Å². The summed E-state index contributed by atoms with van der Waals surface area (Å²) in [6.07, 6.45) is 1.43. The lowest BCUT2D eigenvalue weighted by Crippen LogP contribution is -2.30. The maximum absolute atomic E-state index is 12.9. The van der Waals surface area contributed by atoms with Gasteiger partial charge in [-0.15, -0.1) is 11.3 Å². The second kappa shape index (κ2) is 9.71. The first kappa shape index (κ1) is 25.3. The summed E-state index contributed by atoms with van der Waals surface area (Å²) >= 11 is 13.2. The maximum atomic E-state index is 12.9. The fraction of sp³-hybridized carbons (Fsp3) is 0.174. The number of amides is 1. The number of anilines is 1. The molecule has 0 unspecified atom stereocenters. The zero-order valence-corrected chi connectivity index (χ0v) is 21.8. The van der Waals surface area contributed by atoms with E-state index >= 15 is 0 Å². The molecular formula is C23H19Cl2N3O5S2. The van der Waals surface area contributed by atoms with Crippen LogP contribution in [0.2, 0.25) is 10.2 Å². The Bertz CT molecular complexity index is 1520. The largest absolute Gasteiger partial charge is 0.421 e. The van der Waals surface area contributed by atoms with Gasteiger partial charge in [0.05, 0.1) is 17.0 Å². The standard InChI is InChI=1S/C23H19Cl2N3O5S2/c1-23(2,35(30,31)32-3)14-4-6-17-13(8-14)9-18(34-17)22(29)27-16-10-19(25)28-21(11-16)33-20-7-5-15(24)12-26-20/h4-12H,1-3H3,(H,27,28,29). The first-order chi connectivity index (χ1) is 16.5. The van der Waals surface area contributed by atoms with Crippen molar-refractivity contribution in [3.63, 3.8) is 0 Å². The summed E-state index contributed by atoms with van der Waals surface area (Å²) < 4.78 is 34.6. The van der Waals surface area contributed by atoms with Crippen LogP contribution in [0.4, 0.5) is 5.69 Å². The molecule has 8 nitrogen and oxygen atoms in total. The van der Waals surface area contributed by atoms with Crippen LogP contribution in [-0.4, -0.2) is 31.4 Å². The van der Waals surface area contributed by atoms with Crippen molar-refractivity contribution in [1.29, 1.82) is 0 Å². The van der Waals surface area contributed by atoms with Crippen molar-refractivity contribution >= 4 is 66.3 Å². The highest BCUT2D eigenvalue weighted by molar-refractivity contribution is 7.87. The van der Waals surface area contributed by atoms with E-state index in [1.54, 1.807) is 50.2 Å².